The number of rotatable bonds is 10. The van der Waals surface area contributed by atoms with Gasteiger partial charge < -0.3 is 25.0 Å². The number of nitrogens with one attached hydrogen (secondary N) is 2. The number of ether oxygens (including phenoxy) is 2. The van der Waals surface area contributed by atoms with E-state index >= 15 is 0 Å². The fourth-order valence-electron chi connectivity index (χ4n) is 3.33. The number of aliphatic imine (C=N–C) groups is 1. The van der Waals surface area contributed by atoms with Gasteiger partial charge in [-0.3, -0.25) is 4.99 Å². The normalized spacial score (nSPS) is 17.3. The zero-order chi connectivity index (χ0) is 19.5. The lowest BCUT2D eigenvalue weighted by Gasteiger charge is -2.17. The van der Waals surface area contributed by atoms with Gasteiger partial charge in [-0.15, -0.1) is 24.0 Å². The molecular weight excluding hydrogens is 467 g/mol. The van der Waals surface area contributed by atoms with Crippen LogP contribution in [0.2, 0.25) is 0 Å². The molecule has 0 radical (unpaired) electrons. The second kappa shape index (κ2) is 14.0. The van der Waals surface area contributed by atoms with Crippen LogP contribution in [0.1, 0.15) is 30.9 Å². The number of aryl methyl sites for hydroxylation is 1. The van der Waals surface area contributed by atoms with Crippen LogP contribution in [0.5, 0.6) is 5.75 Å². The molecule has 2 rings (SSSR count). The monoisotopic (exact) mass is 504 g/mol. The van der Waals surface area contributed by atoms with Gasteiger partial charge in [0.15, 0.2) is 5.96 Å². The van der Waals surface area contributed by atoms with Crippen LogP contribution in [0.4, 0.5) is 0 Å². The van der Waals surface area contributed by atoms with Crippen molar-refractivity contribution in [1.82, 2.24) is 15.5 Å². The summed E-state index contributed by atoms with van der Waals surface area (Å²) in [7, 11) is 3.53. The van der Waals surface area contributed by atoms with Crippen molar-refractivity contribution in [2.75, 3.05) is 53.6 Å². The topological polar surface area (TPSA) is 58.1 Å². The van der Waals surface area contributed by atoms with Gasteiger partial charge in [-0.25, -0.2) is 0 Å². The summed E-state index contributed by atoms with van der Waals surface area (Å²) in [5.41, 5.74) is 2.34. The number of benzene rings is 1. The molecule has 0 amide bonds. The van der Waals surface area contributed by atoms with E-state index in [1.807, 2.05) is 7.05 Å². The number of guanidine groups is 1. The molecule has 0 spiro atoms. The molecule has 1 aliphatic rings. The number of hydrogen-bond acceptors (Lipinski definition) is 4. The Morgan fingerprint density at radius 3 is 2.79 bits per heavy atom. The number of hydrogen-bond donors (Lipinski definition) is 2. The van der Waals surface area contributed by atoms with Gasteiger partial charge in [0.25, 0.3) is 0 Å². The van der Waals surface area contributed by atoms with Crippen LogP contribution in [0.15, 0.2) is 23.2 Å². The Hall–Kier alpha value is -1.06. The molecule has 28 heavy (non-hydrogen) atoms. The van der Waals surface area contributed by atoms with Crippen molar-refractivity contribution in [3.05, 3.63) is 29.3 Å². The molecule has 1 aromatic rings. The van der Waals surface area contributed by atoms with E-state index in [-0.39, 0.29) is 24.0 Å². The molecule has 160 valence electrons. The fourth-order valence-corrected chi connectivity index (χ4v) is 3.33. The first-order valence-electron chi connectivity index (χ1n) is 10.0. The second-order valence-corrected chi connectivity index (χ2v) is 7.16. The maximum absolute atomic E-state index is 5.97. The Morgan fingerprint density at radius 1 is 1.29 bits per heavy atom. The van der Waals surface area contributed by atoms with E-state index in [2.05, 4.69) is 52.6 Å². The third kappa shape index (κ3) is 8.53. The highest BCUT2D eigenvalue weighted by atomic mass is 127. The minimum atomic E-state index is 0. The van der Waals surface area contributed by atoms with Crippen LogP contribution in [0, 0.1) is 12.8 Å². The zero-order valence-corrected chi connectivity index (χ0v) is 20.1. The summed E-state index contributed by atoms with van der Waals surface area (Å²) in [6.07, 6.45) is 2.14. The van der Waals surface area contributed by atoms with E-state index < -0.39 is 0 Å². The zero-order valence-electron chi connectivity index (χ0n) is 17.8. The quantitative estimate of drug-likeness (QED) is 0.222. The Morgan fingerprint density at radius 2 is 2.11 bits per heavy atom. The molecule has 6 nitrogen and oxygen atoms in total. The third-order valence-corrected chi connectivity index (χ3v) is 5.02. The highest BCUT2D eigenvalue weighted by molar-refractivity contribution is 14.0. The summed E-state index contributed by atoms with van der Waals surface area (Å²) in [6, 6.07) is 6.34. The molecule has 1 atom stereocenters. The summed E-state index contributed by atoms with van der Waals surface area (Å²) in [4.78, 5) is 6.86. The highest BCUT2D eigenvalue weighted by Gasteiger charge is 2.21. The molecule has 1 aromatic carbocycles. The first-order valence-corrected chi connectivity index (χ1v) is 10.0. The van der Waals surface area contributed by atoms with Crippen molar-refractivity contribution in [1.29, 1.82) is 0 Å². The van der Waals surface area contributed by atoms with Crippen molar-refractivity contribution >= 4 is 29.9 Å². The van der Waals surface area contributed by atoms with Crippen molar-refractivity contribution in [3.8, 4) is 5.75 Å². The molecule has 2 N–H and O–H groups in total. The van der Waals surface area contributed by atoms with Crippen molar-refractivity contribution in [3.63, 3.8) is 0 Å². The molecule has 1 aliphatic heterocycles. The predicted octanol–water partition coefficient (Wildman–Crippen LogP) is 3.04. The van der Waals surface area contributed by atoms with Crippen LogP contribution in [0.3, 0.4) is 0 Å². The van der Waals surface area contributed by atoms with Crippen LogP contribution >= 0.6 is 24.0 Å². The lowest BCUT2D eigenvalue weighted by atomic mass is 10.1. The average molecular weight is 504 g/mol. The van der Waals surface area contributed by atoms with Gasteiger partial charge in [0, 0.05) is 52.4 Å². The predicted molar refractivity (Wildman–Crippen MR) is 127 cm³/mol. The molecule has 1 fully saturated rings. The van der Waals surface area contributed by atoms with Crippen LogP contribution in [-0.2, 0) is 11.3 Å². The molecule has 0 aliphatic carbocycles. The minimum absolute atomic E-state index is 0. The van der Waals surface area contributed by atoms with E-state index in [0.717, 1.165) is 36.8 Å². The van der Waals surface area contributed by atoms with Gasteiger partial charge in [0.2, 0.25) is 0 Å². The molecule has 1 heterocycles. The standard InChI is InChI=1S/C21H36N4O2.HI/c1-5-25-10-9-18(16-25)14-23-21(22-3)24-15-19-8-7-17(2)13-20(19)27-12-6-11-26-4;/h7-8,13,18H,5-6,9-12,14-16H2,1-4H3,(H2,22,23,24);1H. The largest absolute Gasteiger partial charge is 0.493 e. The third-order valence-electron chi connectivity index (χ3n) is 5.02. The first kappa shape index (κ1) is 25.0. The van der Waals surface area contributed by atoms with E-state index in [0.29, 0.717) is 25.7 Å². The Bertz CT molecular complexity index is 598. The Balaban J connectivity index is 0.00000392. The SMILES string of the molecule is CCN1CCC(CNC(=NC)NCc2ccc(C)cc2OCCCOC)C1.I. The molecule has 1 unspecified atom stereocenters. The van der Waals surface area contributed by atoms with Crippen molar-refractivity contribution in [2.45, 2.75) is 33.2 Å². The van der Waals surface area contributed by atoms with E-state index in [1.165, 1.54) is 25.1 Å². The molecule has 0 bridgehead atoms. The average Bonchev–Trinajstić information content (AvgIpc) is 3.14. The van der Waals surface area contributed by atoms with Gasteiger partial charge in [-0.2, -0.15) is 0 Å². The summed E-state index contributed by atoms with van der Waals surface area (Å²) in [5.74, 6) is 2.47. The van der Waals surface area contributed by atoms with Gasteiger partial charge in [-0.05, 0) is 44.0 Å². The Kier molecular flexibility index (Phi) is 12.5. The van der Waals surface area contributed by atoms with Crippen molar-refractivity contribution in [2.24, 2.45) is 10.9 Å². The molecular formula is C21H37IN4O2. The van der Waals surface area contributed by atoms with E-state index in [9.17, 15) is 0 Å². The smallest absolute Gasteiger partial charge is 0.191 e. The summed E-state index contributed by atoms with van der Waals surface area (Å²) in [5, 5.41) is 6.89. The van der Waals surface area contributed by atoms with Crippen LogP contribution < -0.4 is 15.4 Å². The van der Waals surface area contributed by atoms with Crippen molar-refractivity contribution < 1.29 is 9.47 Å². The molecule has 0 aromatic heterocycles. The maximum Gasteiger partial charge on any atom is 0.191 e. The first-order chi connectivity index (χ1) is 13.2. The van der Waals surface area contributed by atoms with Crippen LogP contribution in [-0.4, -0.2) is 64.4 Å². The Labute approximate surface area is 187 Å². The molecule has 1 saturated heterocycles. The van der Waals surface area contributed by atoms with Gasteiger partial charge >= 0.3 is 0 Å². The second-order valence-electron chi connectivity index (χ2n) is 7.16. The number of halogens is 1. The minimum Gasteiger partial charge on any atom is -0.493 e. The molecule has 0 saturated carbocycles. The number of likely N-dealkylation sites (tertiary alicyclic amines) is 1. The number of methoxy groups -OCH3 is 1. The van der Waals surface area contributed by atoms with Gasteiger partial charge in [0.1, 0.15) is 5.75 Å². The highest BCUT2D eigenvalue weighted by Crippen LogP contribution is 2.20. The molecule has 7 heteroatoms. The maximum atomic E-state index is 5.97. The van der Waals surface area contributed by atoms with E-state index in [1.54, 1.807) is 7.11 Å². The summed E-state index contributed by atoms with van der Waals surface area (Å²) in [6.45, 7) is 10.9. The number of nitrogens with zero attached hydrogens (tertiary/aromatic N) is 2. The lowest BCUT2D eigenvalue weighted by Crippen LogP contribution is -2.40. The summed E-state index contributed by atoms with van der Waals surface area (Å²) >= 11 is 0. The van der Waals surface area contributed by atoms with Crippen LogP contribution in [0.25, 0.3) is 0 Å². The summed E-state index contributed by atoms with van der Waals surface area (Å²) < 4.78 is 11.1. The van der Waals surface area contributed by atoms with E-state index in [4.69, 9.17) is 9.47 Å². The van der Waals surface area contributed by atoms with Gasteiger partial charge in [-0.1, -0.05) is 19.1 Å². The van der Waals surface area contributed by atoms with Gasteiger partial charge in [0.05, 0.1) is 6.61 Å². The fraction of sp³-hybridized carbons (Fsp3) is 0.667. The lowest BCUT2D eigenvalue weighted by molar-refractivity contribution is 0.171.